The predicted octanol–water partition coefficient (Wildman–Crippen LogP) is 3.26. The maximum atomic E-state index is 12.4. The molecule has 0 bridgehead atoms. The van der Waals surface area contributed by atoms with E-state index in [2.05, 4.69) is 31.0 Å². The molecule has 4 rings (SSSR count). The lowest BCUT2D eigenvalue weighted by molar-refractivity contribution is -0.384. The van der Waals surface area contributed by atoms with Crippen LogP contribution in [0.15, 0.2) is 74.7 Å². The molecule has 0 saturated carbocycles. The molecule has 186 valence electrons. The van der Waals surface area contributed by atoms with Crippen molar-refractivity contribution in [2.75, 3.05) is 13.1 Å². The zero-order valence-electron chi connectivity index (χ0n) is 19.8. The molecule has 1 aliphatic carbocycles. The fourth-order valence-corrected chi connectivity index (χ4v) is 3.60. The first-order valence-electron chi connectivity index (χ1n) is 11.3. The van der Waals surface area contributed by atoms with E-state index in [4.69, 9.17) is 4.52 Å². The van der Waals surface area contributed by atoms with Crippen molar-refractivity contribution >= 4 is 17.5 Å². The lowest BCUT2D eigenvalue weighted by Crippen LogP contribution is -2.40. The number of azo groups is 1. The van der Waals surface area contributed by atoms with Crippen molar-refractivity contribution in [1.29, 1.82) is 0 Å². The lowest BCUT2D eigenvalue weighted by atomic mass is 9.91. The van der Waals surface area contributed by atoms with Crippen LogP contribution < -0.4 is 10.6 Å². The number of allylic oxidation sites excluding steroid dienone is 3. The summed E-state index contributed by atoms with van der Waals surface area (Å²) in [5.74, 6) is 0.159. The number of aryl methyl sites for hydroxylation is 1. The van der Waals surface area contributed by atoms with E-state index in [1.165, 1.54) is 12.1 Å². The molecule has 2 N–H and O–H groups in total. The smallest absolute Gasteiger partial charge is 0.276 e. The second kappa shape index (κ2) is 10.4. The van der Waals surface area contributed by atoms with Gasteiger partial charge in [-0.05, 0) is 5.41 Å². The van der Waals surface area contributed by atoms with Gasteiger partial charge in [-0.1, -0.05) is 55.4 Å². The Morgan fingerprint density at radius 1 is 1.22 bits per heavy atom. The molecule has 2 heterocycles. The van der Waals surface area contributed by atoms with Gasteiger partial charge in [-0.15, -0.1) is 10.2 Å². The monoisotopic (exact) mass is 491 g/mol. The summed E-state index contributed by atoms with van der Waals surface area (Å²) in [5.41, 5.74) is 0.853. The van der Waals surface area contributed by atoms with E-state index in [-0.39, 0.29) is 47.5 Å². The minimum atomic E-state index is -0.495. The van der Waals surface area contributed by atoms with E-state index in [9.17, 15) is 19.7 Å². The molecule has 2 aliphatic rings. The Balaban J connectivity index is 1.25. The molecule has 12 heteroatoms. The number of benzene rings is 1. The van der Waals surface area contributed by atoms with Crippen LogP contribution >= 0.6 is 0 Å². The summed E-state index contributed by atoms with van der Waals surface area (Å²) in [6.45, 7) is 4.89. The number of non-ortho nitro benzene ring substituents is 1. The Kier molecular flexibility index (Phi) is 7.13. The van der Waals surface area contributed by atoms with Gasteiger partial charge in [0, 0.05) is 49.2 Å². The molecule has 0 fully saturated rings. The summed E-state index contributed by atoms with van der Waals surface area (Å²) < 4.78 is 5.19. The van der Waals surface area contributed by atoms with Crippen LogP contribution in [-0.2, 0) is 16.0 Å². The van der Waals surface area contributed by atoms with Crippen LogP contribution in [0.25, 0.3) is 11.4 Å². The van der Waals surface area contributed by atoms with Crippen LogP contribution in [0.5, 0.6) is 0 Å². The number of hydrogen-bond donors (Lipinski definition) is 2. The molecule has 1 aromatic heterocycles. The van der Waals surface area contributed by atoms with Gasteiger partial charge in [-0.2, -0.15) is 4.98 Å². The topological polar surface area (TPSA) is 165 Å². The minimum absolute atomic E-state index is 0.0702. The van der Waals surface area contributed by atoms with E-state index in [0.717, 1.165) is 5.57 Å². The molecule has 0 saturated heterocycles. The highest BCUT2D eigenvalue weighted by Crippen LogP contribution is 2.28. The normalized spacial score (nSPS) is 16.7. The standard InChI is InChI=1S/C24H25N7O5/c1-24(2,14-26-22-17-8-3-4-9-18(17)23(33)29-28-22)13-25-19(32)10-11-20-27-21(30-36-20)15-6-5-7-16(12-15)31(34)35/h3-9,12,18,26H,10-11,13-14H2,1-2H3,(H,25,32). The third kappa shape index (κ3) is 5.95. The zero-order chi connectivity index (χ0) is 25.7. The molecule has 1 aliphatic heterocycles. The molecule has 12 nitrogen and oxygen atoms in total. The molecule has 1 unspecified atom stereocenters. The Labute approximate surface area is 206 Å². The van der Waals surface area contributed by atoms with Crippen LogP contribution in [0.4, 0.5) is 5.69 Å². The number of nitrogens with zero attached hydrogens (tertiary/aromatic N) is 5. The van der Waals surface area contributed by atoms with Crippen molar-refractivity contribution in [3.63, 3.8) is 0 Å². The van der Waals surface area contributed by atoms with Gasteiger partial charge in [0.15, 0.2) is 5.82 Å². The summed E-state index contributed by atoms with van der Waals surface area (Å²) in [7, 11) is 0. The quantitative estimate of drug-likeness (QED) is 0.377. The number of carbonyl (C=O) groups is 2. The Morgan fingerprint density at radius 2 is 2.06 bits per heavy atom. The van der Waals surface area contributed by atoms with E-state index in [1.807, 2.05) is 32.1 Å². The number of fused-ring (bicyclic) bond motifs is 1. The first-order chi connectivity index (χ1) is 17.2. The number of hydrogen-bond acceptors (Lipinski definition) is 9. The first-order valence-corrected chi connectivity index (χ1v) is 11.3. The van der Waals surface area contributed by atoms with Gasteiger partial charge in [-0.3, -0.25) is 19.7 Å². The van der Waals surface area contributed by atoms with E-state index in [0.29, 0.717) is 24.5 Å². The van der Waals surface area contributed by atoms with E-state index >= 15 is 0 Å². The summed E-state index contributed by atoms with van der Waals surface area (Å²) in [6, 6.07) is 5.94. The fraction of sp³-hybridized carbons (Fsp3) is 0.333. The molecule has 0 spiro atoms. The number of rotatable bonds is 10. The Morgan fingerprint density at radius 3 is 2.86 bits per heavy atom. The maximum absolute atomic E-state index is 12.4. The molecular formula is C24H25N7O5. The van der Waals surface area contributed by atoms with Gasteiger partial charge in [-0.25, -0.2) is 0 Å². The molecule has 2 amide bonds. The fourth-order valence-electron chi connectivity index (χ4n) is 3.60. The van der Waals surface area contributed by atoms with Gasteiger partial charge in [0.25, 0.3) is 11.6 Å². The summed E-state index contributed by atoms with van der Waals surface area (Å²) in [5, 5.41) is 28.7. The highest BCUT2D eigenvalue weighted by molar-refractivity contribution is 5.86. The SMILES string of the molecule is CC(C)(CNC(=O)CCc1nc(-c2cccc([N+](=O)[O-])c2)no1)CNC1=C2C=CC=CC2C(=O)N=N1. The predicted molar refractivity (Wildman–Crippen MR) is 128 cm³/mol. The molecular weight excluding hydrogens is 466 g/mol. The van der Waals surface area contributed by atoms with E-state index < -0.39 is 10.8 Å². The third-order valence-electron chi connectivity index (χ3n) is 5.66. The number of amides is 2. The summed E-state index contributed by atoms with van der Waals surface area (Å²) in [6.07, 6.45) is 7.68. The van der Waals surface area contributed by atoms with Gasteiger partial charge in [0.2, 0.25) is 17.6 Å². The maximum Gasteiger partial charge on any atom is 0.276 e. The lowest BCUT2D eigenvalue weighted by Gasteiger charge is -2.27. The second-order valence-electron chi connectivity index (χ2n) is 9.18. The first kappa shape index (κ1) is 24.6. The van der Waals surface area contributed by atoms with Gasteiger partial charge in [0.05, 0.1) is 10.8 Å². The van der Waals surface area contributed by atoms with Crippen LogP contribution in [0.3, 0.4) is 0 Å². The molecule has 0 radical (unpaired) electrons. The number of aromatic nitrogens is 2. The van der Waals surface area contributed by atoms with Crippen molar-refractivity contribution in [3.05, 3.63) is 76.0 Å². The average molecular weight is 492 g/mol. The number of nitro benzene ring substituents is 1. The van der Waals surface area contributed by atoms with Crippen molar-refractivity contribution in [2.24, 2.45) is 21.6 Å². The van der Waals surface area contributed by atoms with Crippen LogP contribution in [0, 0.1) is 21.4 Å². The van der Waals surface area contributed by atoms with Crippen molar-refractivity contribution in [1.82, 2.24) is 20.8 Å². The highest BCUT2D eigenvalue weighted by Gasteiger charge is 2.28. The zero-order valence-corrected chi connectivity index (χ0v) is 19.8. The van der Waals surface area contributed by atoms with Gasteiger partial charge < -0.3 is 15.2 Å². The molecule has 2 aromatic rings. The second-order valence-corrected chi connectivity index (χ2v) is 9.18. The molecule has 1 aromatic carbocycles. The Hall–Kier alpha value is -4.48. The molecule has 36 heavy (non-hydrogen) atoms. The van der Waals surface area contributed by atoms with Crippen LogP contribution in [0.1, 0.15) is 26.2 Å². The Bertz CT molecular complexity index is 1310. The molecule has 1 atom stereocenters. The van der Waals surface area contributed by atoms with E-state index in [1.54, 1.807) is 18.2 Å². The summed E-state index contributed by atoms with van der Waals surface area (Å²) >= 11 is 0. The number of carbonyl (C=O) groups excluding carboxylic acids is 2. The van der Waals surface area contributed by atoms with Gasteiger partial charge >= 0.3 is 0 Å². The number of nitrogens with one attached hydrogen (secondary N) is 2. The van der Waals surface area contributed by atoms with Crippen molar-refractivity contribution < 1.29 is 19.0 Å². The number of nitro groups is 1. The van der Waals surface area contributed by atoms with Gasteiger partial charge in [0.1, 0.15) is 0 Å². The van der Waals surface area contributed by atoms with Crippen LogP contribution in [0.2, 0.25) is 0 Å². The van der Waals surface area contributed by atoms with Crippen molar-refractivity contribution in [3.8, 4) is 11.4 Å². The summed E-state index contributed by atoms with van der Waals surface area (Å²) in [4.78, 5) is 39.0. The largest absolute Gasteiger partial charge is 0.368 e. The average Bonchev–Trinajstić information content (AvgIpc) is 3.35. The minimum Gasteiger partial charge on any atom is -0.368 e. The van der Waals surface area contributed by atoms with Crippen molar-refractivity contribution in [2.45, 2.75) is 26.7 Å². The third-order valence-corrected chi connectivity index (χ3v) is 5.66. The highest BCUT2D eigenvalue weighted by atomic mass is 16.6. The van der Waals surface area contributed by atoms with Crippen LogP contribution in [-0.4, -0.2) is 40.0 Å².